The SMILES string of the molecule is CC1CC2CC3C(NC(=O)c4cnn(C)c4N4CCCCCC4)C3(C1)C2. The van der Waals surface area contributed by atoms with Gasteiger partial charge in [0, 0.05) is 26.2 Å². The molecule has 5 rings (SSSR count). The minimum Gasteiger partial charge on any atom is -0.356 e. The second kappa shape index (κ2) is 6.00. The smallest absolute Gasteiger partial charge is 0.256 e. The molecule has 1 aromatic heterocycles. The maximum absolute atomic E-state index is 13.1. The number of hydrogen-bond donors (Lipinski definition) is 1. The van der Waals surface area contributed by atoms with Crippen molar-refractivity contribution >= 4 is 11.7 Å². The van der Waals surface area contributed by atoms with E-state index in [1.54, 1.807) is 6.20 Å². The van der Waals surface area contributed by atoms with Crippen LogP contribution in [0.3, 0.4) is 0 Å². The molecule has 3 saturated carbocycles. The lowest BCUT2D eigenvalue weighted by molar-refractivity contribution is 0.0932. The summed E-state index contributed by atoms with van der Waals surface area (Å²) in [6, 6.07) is 0.409. The fraction of sp³-hybridized carbons (Fsp3) is 0.810. The lowest BCUT2D eigenvalue weighted by Crippen LogP contribution is -2.35. The third kappa shape index (κ3) is 2.49. The molecule has 0 radical (unpaired) electrons. The van der Waals surface area contributed by atoms with Gasteiger partial charge in [-0.05, 0) is 61.7 Å². The lowest BCUT2D eigenvalue weighted by atomic mass is 9.76. The highest BCUT2D eigenvalue weighted by atomic mass is 16.1. The average molecular weight is 357 g/mol. The first-order valence-corrected chi connectivity index (χ1v) is 10.7. The Morgan fingerprint density at radius 2 is 1.96 bits per heavy atom. The standard InChI is InChI=1S/C21H32N4O/c1-14-9-15-10-17-18(21(17,11-14)12-15)23-19(26)16-13-22-24(2)20(16)25-7-5-3-4-6-8-25/h13-15,17-18H,3-12H2,1-2H3,(H,23,26). The van der Waals surface area contributed by atoms with Crippen LogP contribution < -0.4 is 10.2 Å². The second-order valence-electron chi connectivity index (χ2n) is 9.55. The fourth-order valence-electron chi connectivity index (χ4n) is 6.76. The molecule has 1 N–H and O–H groups in total. The van der Waals surface area contributed by atoms with Crippen molar-refractivity contribution in [3.05, 3.63) is 11.8 Å². The third-order valence-corrected chi connectivity index (χ3v) is 7.72. The van der Waals surface area contributed by atoms with E-state index in [-0.39, 0.29) is 5.91 Å². The predicted octanol–water partition coefficient (Wildman–Crippen LogP) is 3.36. The van der Waals surface area contributed by atoms with E-state index < -0.39 is 0 Å². The van der Waals surface area contributed by atoms with Crippen LogP contribution in [0.2, 0.25) is 0 Å². The van der Waals surface area contributed by atoms with Crippen LogP contribution in [0.5, 0.6) is 0 Å². The van der Waals surface area contributed by atoms with Gasteiger partial charge in [-0.3, -0.25) is 9.48 Å². The quantitative estimate of drug-likeness (QED) is 0.903. The molecule has 2 heterocycles. The van der Waals surface area contributed by atoms with Crippen molar-refractivity contribution < 1.29 is 4.79 Å². The van der Waals surface area contributed by atoms with Crippen LogP contribution in [-0.2, 0) is 7.05 Å². The Morgan fingerprint density at radius 1 is 1.19 bits per heavy atom. The zero-order valence-electron chi connectivity index (χ0n) is 16.2. The predicted molar refractivity (Wildman–Crippen MR) is 102 cm³/mol. The van der Waals surface area contributed by atoms with Gasteiger partial charge < -0.3 is 10.2 Å². The number of carbonyl (C=O) groups is 1. The summed E-state index contributed by atoms with van der Waals surface area (Å²) in [4.78, 5) is 15.5. The van der Waals surface area contributed by atoms with E-state index >= 15 is 0 Å². The van der Waals surface area contributed by atoms with Crippen LogP contribution in [0.25, 0.3) is 0 Å². The van der Waals surface area contributed by atoms with E-state index in [1.165, 1.54) is 51.4 Å². The van der Waals surface area contributed by atoms with Gasteiger partial charge in [0.05, 0.1) is 6.20 Å². The maximum atomic E-state index is 13.1. The molecule has 5 unspecified atom stereocenters. The van der Waals surface area contributed by atoms with Crippen molar-refractivity contribution in [2.45, 2.75) is 64.3 Å². The minimum atomic E-state index is 0.0981. The normalized spacial score (nSPS) is 38.6. The van der Waals surface area contributed by atoms with Crippen LogP contribution in [0.1, 0.15) is 68.6 Å². The van der Waals surface area contributed by atoms with E-state index in [4.69, 9.17) is 0 Å². The van der Waals surface area contributed by atoms with Crippen LogP contribution in [0.4, 0.5) is 5.82 Å². The summed E-state index contributed by atoms with van der Waals surface area (Å²) in [5.41, 5.74) is 1.21. The number of nitrogens with zero attached hydrogens (tertiary/aromatic N) is 3. The summed E-state index contributed by atoms with van der Waals surface area (Å²) in [5.74, 6) is 3.60. The Kier molecular flexibility index (Phi) is 3.84. The highest BCUT2D eigenvalue weighted by Gasteiger charge is 2.70. The van der Waals surface area contributed by atoms with E-state index in [2.05, 4.69) is 22.2 Å². The topological polar surface area (TPSA) is 50.2 Å². The second-order valence-corrected chi connectivity index (χ2v) is 9.55. The number of fused-ring (bicyclic) bond motifs is 1. The first-order valence-electron chi connectivity index (χ1n) is 10.7. The number of rotatable bonds is 3. The molecule has 1 amide bonds. The molecule has 0 aromatic carbocycles. The summed E-state index contributed by atoms with van der Waals surface area (Å²) in [7, 11) is 1.97. The number of hydrogen-bond acceptors (Lipinski definition) is 3. The van der Waals surface area contributed by atoms with Gasteiger partial charge in [0.15, 0.2) is 0 Å². The molecule has 4 fully saturated rings. The molecule has 5 heteroatoms. The van der Waals surface area contributed by atoms with E-state index in [1.807, 2.05) is 11.7 Å². The molecule has 1 spiro atoms. The summed E-state index contributed by atoms with van der Waals surface area (Å²) >= 11 is 0. The molecular weight excluding hydrogens is 324 g/mol. The van der Waals surface area contributed by atoms with Crippen LogP contribution in [0, 0.1) is 23.2 Å². The zero-order chi connectivity index (χ0) is 17.9. The van der Waals surface area contributed by atoms with Gasteiger partial charge in [-0.25, -0.2) is 0 Å². The van der Waals surface area contributed by atoms with Crippen molar-refractivity contribution in [3.8, 4) is 0 Å². The third-order valence-electron chi connectivity index (χ3n) is 7.72. The van der Waals surface area contributed by atoms with Gasteiger partial charge in [0.1, 0.15) is 11.4 Å². The van der Waals surface area contributed by atoms with Crippen LogP contribution in [-0.4, -0.2) is 34.8 Å². The number of aryl methyl sites for hydroxylation is 1. The van der Waals surface area contributed by atoms with Gasteiger partial charge in [-0.1, -0.05) is 19.8 Å². The average Bonchev–Trinajstić information content (AvgIpc) is 2.92. The molecule has 4 aliphatic rings. The first-order chi connectivity index (χ1) is 12.6. The number of aromatic nitrogens is 2. The Bertz CT molecular complexity index is 705. The van der Waals surface area contributed by atoms with E-state index in [9.17, 15) is 4.79 Å². The summed E-state index contributed by atoms with van der Waals surface area (Å²) in [6.07, 6.45) is 12.2. The van der Waals surface area contributed by atoms with Crippen molar-refractivity contribution in [3.63, 3.8) is 0 Å². The largest absolute Gasteiger partial charge is 0.356 e. The van der Waals surface area contributed by atoms with Gasteiger partial charge in [0.2, 0.25) is 0 Å². The lowest BCUT2D eigenvalue weighted by Gasteiger charge is -2.31. The van der Waals surface area contributed by atoms with Gasteiger partial charge in [0.25, 0.3) is 5.91 Å². The van der Waals surface area contributed by atoms with Crippen LogP contribution in [0.15, 0.2) is 6.20 Å². The monoisotopic (exact) mass is 356 g/mol. The summed E-state index contributed by atoms with van der Waals surface area (Å²) in [5, 5.41) is 7.86. The van der Waals surface area contributed by atoms with E-state index in [0.717, 1.165) is 42.2 Å². The van der Waals surface area contributed by atoms with E-state index in [0.29, 0.717) is 11.5 Å². The highest BCUT2D eigenvalue weighted by Crippen LogP contribution is 2.71. The summed E-state index contributed by atoms with van der Waals surface area (Å²) < 4.78 is 1.89. The molecule has 1 aliphatic heterocycles. The fourth-order valence-corrected chi connectivity index (χ4v) is 6.76. The molecule has 3 aliphatic carbocycles. The first kappa shape index (κ1) is 16.6. The molecule has 5 atom stereocenters. The van der Waals surface area contributed by atoms with Crippen molar-refractivity contribution in [2.75, 3.05) is 18.0 Å². The Hall–Kier alpha value is -1.52. The van der Waals surface area contributed by atoms with Crippen molar-refractivity contribution in [1.82, 2.24) is 15.1 Å². The molecular formula is C21H32N4O. The Morgan fingerprint density at radius 3 is 2.73 bits per heavy atom. The Balaban J connectivity index is 1.33. The van der Waals surface area contributed by atoms with Crippen molar-refractivity contribution in [1.29, 1.82) is 0 Å². The number of amides is 1. The molecule has 1 aromatic rings. The summed E-state index contributed by atoms with van der Waals surface area (Å²) in [6.45, 7) is 4.47. The number of nitrogens with one attached hydrogen (secondary N) is 1. The number of anilines is 1. The maximum Gasteiger partial charge on any atom is 0.256 e. The number of carbonyl (C=O) groups excluding carboxylic acids is 1. The van der Waals surface area contributed by atoms with Gasteiger partial charge in [-0.2, -0.15) is 5.10 Å². The zero-order valence-corrected chi connectivity index (χ0v) is 16.2. The van der Waals surface area contributed by atoms with Gasteiger partial charge in [-0.15, -0.1) is 0 Å². The van der Waals surface area contributed by atoms with Crippen LogP contribution >= 0.6 is 0 Å². The van der Waals surface area contributed by atoms with Gasteiger partial charge >= 0.3 is 0 Å². The molecule has 1 saturated heterocycles. The highest BCUT2D eigenvalue weighted by molar-refractivity contribution is 5.99. The minimum absolute atomic E-state index is 0.0981. The molecule has 26 heavy (non-hydrogen) atoms. The Labute approximate surface area is 156 Å². The molecule has 5 nitrogen and oxygen atoms in total. The van der Waals surface area contributed by atoms with Crippen molar-refractivity contribution in [2.24, 2.45) is 30.2 Å². The molecule has 2 bridgehead atoms. The molecule has 142 valence electrons.